The Kier molecular flexibility index (Phi) is 0.619. The molecule has 5 heteroatoms. The molecule has 0 unspecified atom stereocenters. The molecule has 1 heterocycles. The van der Waals surface area contributed by atoms with Gasteiger partial charge >= 0.3 is 11.8 Å². The Labute approximate surface area is 38.2 Å². The molecule has 5 nitrogen and oxygen atoms in total. The van der Waals surface area contributed by atoms with Crippen LogP contribution in [0.3, 0.4) is 0 Å². The van der Waals surface area contributed by atoms with E-state index >= 15 is 0 Å². The maximum absolute atomic E-state index is 8.24. The van der Waals surface area contributed by atoms with E-state index in [1.165, 1.54) is 0 Å². The second kappa shape index (κ2) is 1.11. The standard InChI is InChI=1S/C2H2N2O3/c5-1-2(6)4-7-3-1/h(H,3,5)(H,4,6). The van der Waals surface area contributed by atoms with Gasteiger partial charge in [-0.1, -0.05) is 0 Å². The summed E-state index contributed by atoms with van der Waals surface area (Å²) in [5, 5.41) is 22.2. The number of hydrogen-bond acceptors (Lipinski definition) is 5. The molecule has 0 atom stereocenters. The highest BCUT2D eigenvalue weighted by Gasteiger charge is 2.01. The number of nitrogens with zero attached hydrogens (tertiary/aromatic N) is 2. The van der Waals surface area contributed by atoms with Crippen LogP contribution in [0.2, 0.25) is 0 Å². The zero-order valence-electron chi connectivity index (χ0n) is 3.20. The van der Waals surface area contributed by atoms with E-state index in [4.69, 9.17) is 10.2 Å². The van der Waals surface area contributed by atoms with Gasteiger partial charge in [0.2, 0.25) is 0 Å². The normalized spacial score (nSPS) is 9.14. The van der Waals surface area contributed by atoms with Crippen LogP contribution >= 0.6 is 0 Å². The lowest BCUT2D eigenvalue weighted by Gasteiger charge is -1.71. The Morgan fingerprint density at radius 3 is 1.71 bits per heavy atom. The maximum Gasteiger partial charge on any atom is 0.317 e. The molecule has 1 aromatic heterocycles. The molecule has 0 amide bonds. The quantitative estimate of drug-likeness (QED) is 0.460. The largest absolute Gasteiger partial charge is 0.487 e. The molecule has 38 valence electrons. The molecule has 0 aliphatic rings. The fraction of sp³-hybridized carbons (Fsp3) is 0. The maximum atomic E-state index is 8.24. The topological polar surface area (TPSA) is 79.4 Å². The van der Waals surface area contributed by atoms with Crippen molar-refractivity contribution in [2.45, 2.75) is 0 Å². The first-order valence-electron chi connectivity index (χ1n) is 1.51. The van der Waals surface area contributed by atoms with Crippen LogP contribution in [-0.2, 0) is 0 Å². The first-order chi connectivity index (χ1) is 3.30. The zero-order chi connectivity index (χ0) is 5.28. The molecular formula is C2H2N2O3. The van der Waals surface area contributed by atoms with Crippen molar-refractivity contribution >= 4 is 0 Å². The van der Waals surface area contributed by atoms with Gasteiger partial charge in [0.1, 0.15) is 0 Å². The summed E-state index contributed by atoms with van der Waals surface area (Å²) in [7, 11) is 0. The average Bonchev–Trinajstić information content (AvgIpc) is 1.91. The Bertz CT molecular complexity index is 143. The van der Waals surface area contributed by atoms with Crippen molar-refractivity contribution in [2.24, 2.45) is 0 Å². The fourth-order valence-electron chi connectivity index (χ4n) is 0.179. The molecule has 1 rings (SSSR count). The molecule has 0 spiro atoms. The molecule has 0 radical (unpaired) electrons. The first kappa shape index (κ1) is 3.91. The van der Waals surface area contributed by atoms with Crippen molar-refractivity contribution in [3.05, 3.63) is 0 Å². The van der Waals surface area contributed by atoms with Gasteiger partial charge < -0.3 is 10.2 Å². The molecule has 0 aliphatic carbocycles. The molecule has 0 aliphatic heterocycles. The molecule has 0 bridgehead atoms. The molecule has 2 N–H and O–H groups in total. The van der Waals surface area contributed by atoms with E-state index in [1.807, 2.05) is 0 Å². The second-order valence-electron chi connectivity index (χ2n) is 0.911. The van der Waals surface area contributed by atoms with Crippen LogP contribution in [-0.4, -0.2) is 20.5 Å². The molecular weight excluding hydrogens is 100 g/mol. The monoisotopic (exact) mass is 102 g/mol. The van der Waals surface area contributed by atoms with E-state index < -0.39 is 11.8 Å². The van der Waals surface area contributed by atoms with Gasteiger partial charge in [0, 0.05) is 0 Å². The van der Waals surface area contributed by atoms with Crippen LogP contribution < -0.4 is 0 Å². The third-order valence-corrected chi connectivity index (χ3v) is 0.455. The van der Waals surface area contributed by atoms with Gasteiger partial charge in [-0.05, 0) is 10.3 Å². The summed E-state index contributed by atoms with van der Waals surface area (Å²) in [6.45, 7) is 0. The minimum atomic E-state index is -0.583. The second-order valence-corrected chi connectivity index (χ2v) is 0.911. The number of aromatic nitrogens is 2. The predicted octanol–water partition coefficient (Wildman–Crippen LogP) is -0.519. The fourth-order valence-corrected chi connectivity index (χ4v) is 0.179. The highest BCUT2D eigenvalue weighted by molar-refractivity contribution is 5.16. The van der Waals surface area contributed by atoms with Crippen molar-refractivity contribution in [3.8, 4) is 11.8 Å². The van der Waals surface area contributed by atoms with Gasteiger partial charge in [-0.2, -0.15) is 0 Å². The summed E-state index contributed by atoms with van der Waals surface area (Å²) >= 11 is 0. The van der Waals surface area contributed by atoms with Gasteiger partial charge in [-0.25, -0.2) is 4.63 Å². The summed E-state index contributed by atoms with van der Waals surface area (Å²) in [5.41, 5.74) is 0. The van der Waals surface area contributed by atoms with E-state index in [1.54, 1.807) is 0 Å². The summed E-state index contributed by atoms with van der Waals surface area (Å²) in [5.74, 6) is -1.17. The molecule has 0 aromatic carbocycles. The van der Waals surface area contributed by atoms with E-state index in [0.29, 0.717) is 0 Å². The summed E-state index contributed by atoms with van der Waals surface area (Å²) in [4.78, 5) is 0. The van der Waals surface area contributed by atoms with Crippen molar-refractivity contribution in [1.29, 1.82) is 0 Å². The van der Waals surface area contributed by atoms with Crippen molar-refractivity contribution < 1.29 is 14.8 Å². The molecule has 0 saturated carbocycles. The van der Waals surface area contributed by atoms with Crippen molar-refractivity contribution in [1.82, 2.24) is 10.3 Å². The van der Waals surface area contributed by atoms with Crippen LogP contribution in [0.15, 0.2) is 4.63 Å². The third kappa shape index (κ3) is 0.466. The van der Waals surface area contributed by atoms with E-state index in [9.17, 15) is 0 Å². The van der Waals surface area contributed by atoms with Gasteiger partial charge in [0.05, 0.1) is 0 Å². The van der Waals surface area contributed by atoms with Crippen LogP contribution in [0.25, 0.3) is 0 Å². The first-order valence-corrected chi connectivity index (χ1v) is 1.51. The lowest BCUT2D eigenvalue weighted by molar-refractivity contribution is 0.279. The number of rotatable bonds is 0. The lowest BCUT2D eigenvalue weighted by Crippen LogP contribution is -1.58. The number of aromatic hydroxyl groups is 2. The zero-order valence-corrected chi connectivity index (χ0v) is 3.20. The minimum Gasteiger partial charge on any atom is -0.487 e. The Balaban J connectivity index is 3.12. The lowest BCUT2D eigenvalue weighted by atomic mass is 10.8. The Hall–Kier alpha value is -1.26. The van der Waals surface area contributed by atoms with Gasteiger partial charge in [0.25, 0.3) is 0 Å². The average molecular weight is 102 g/mol. The molecule has 0 saturated heterocycles. The van der Waals surface area contributed by atoms with Crippen LogP contribution in [0.1, 0.15) is 0 Å². The van der Waals surface area contributed by atoms with E-state index in [0.717, 1.165) is 0 Å². The Morgan fingerprint density at radius 1 is 1.14 bits per heavy atom. The van der Waals surface area contributed by atoms with E-state index in [-0.39, 0.29) is 0 Å². The van der Waals surface area contributed by atoms with Crippen molar-refractivity contribution in [3.63, 3.8) is 0 Å². The predicted molar refractivity (Wildman–Crippen MR) is 17.6 cm³/mol. The van der Waals surface area contributed by atoms with E-state index in [2.05, 4.69) is 14.9 Å². The highest BCUT2D eigenvalue weighted by Crippen LogP contribution is 2.15. The Morgan fingerprint density at radius 2 is 1.57 bits per heavy atom. The SMILES string of the molecule is Oc1nonc1O. The molecule has 0 fully saturated rings. The minimum absolute atomic E-state index is 0.583. The summed E-state index contributed by atoms with van der Waals surface area (Å²) < 4.78 is 3.84. The summed E-state index contributed by atoms with van der Waals surface area (Å²) in [6.07, 6.45) is 0. The summed E-state index contributed by atoms with van der Waals surface area (Å²) in [6, 6.07) is 0. The van der Waals surface area contributed by atoms with Crippen molar-refractivity contribution in [2.75, 3.05) is 0 Å². The molecule has 1 aromatic rings. The van der Waals surface area contributed by atoms with Crippen LogP contribution in [0.5, 0.6) is 11.8 Å². The van der Waals surface area contributed by atoms with Gasteiger partial charge in [0.15, 0.2) is 0 Å². The highest BCUT2D eigenvalue weighted by atomic mass is 16.6. The number of hydrogen-bond donors (Lipinski definition) is 2. The third-order valence-electron chi connectivity index (χ3n) is 0.455. The smallest absolute Gasteiger partial charge is 0.317 e. The molecule has 7 heavy (non-hydrogen) atoms. The van der Waals surface area contributed by atoms with Gasteiger partial charge in [-0.15, -0.1) is 0 Å². The van der Waals surface area contributed by atoms with Crippen LogP contribution in [0.4, 0.5) is 0 Å². The van der Waals surface area contributed by atoms with Gasteiger partial charge in [-0.3, -0.25) is 0 Å². The van der Waals surface area contributed by atoms with Crippen LogP contribution in [0, 0.1) is 0 Å².